The maximum atomic E-state index is 12.6. The zero-order valence-corrected chi connectivity index (χ0v) is 11.6. The van der Waals surface area contributed by atoms with Gasteiger partial charge in [-0.25, -0.2) is 0 Å². The van der Waals surface area contributed by atoms with Gasteiger partial charge >= 0.3 is 5.97 Å². The number of rotatable bonds is 4. The topological polar surface area (TPSA) is 83.6 Å². The van der Waals surface area contributed by atoms with Crippen LogP contribution in [0.15, 0.2) is 48.5 Å². The summed E-state index contributed by atoms with van der Waals surface area (Å²) in [5, 5.41) is 9.04. The minimum Gasteiger partial charge on any atom is -0.480 e. The Hall–Kier alpha value is -2.82. The van der Waals surface area contributed by atoms with Crippen LogP contribution in [0.25, 0.3) is 0 Å². The van der Waals surface area contributed by atoms with Crippen molar-refractivity contribution >= 4 is 23.3 Å². The van der Waals surface area contributed by atoms with Gasteiger partial charge in [-0.3, -0.25) is 14.5 Å². The minimum absolute atomic E-state index is 0.291. The van der Waals surface area contributed by atoms with Crippen LogP contribution in [0.3, 0.4) is 0 Å². The molecule has 21 heavy (non-hydrogen) atoms. The highest BCUT2D eigenvalue weighted by Crippen LogP contribution is 2.20. The second kappa shape index (κ2) is 6.09. The van der Waals surface area contributed by atoms with Gasteiger partial charge in [-0.1, -0.05) is 29.8 Å². The average Bonchev–Trinajstić information content (AvgIpc) is 2.45. The van der Waals surface area contributed by atoms with Crippen molar-refractivity contribution in [3.63, 3.8) is 0 Å². The fourth-order valence-electron chi connectivity index (χ4n) is 1.98. The average molecular weight is 284 g/mol. The molecule has 2 aromatic rings. The Kier molecular flexibility index (Phi) is 4.23. The summed E-state index contributed by atoms with van der Waals surface area (Å²) in [6, 6.07) is 13.7. The van der Waals surface area contributed by atoms with Gasteiger partial charge in [0.25, 0.3) is 5.91 Å². The van der Waals surface area contributed by atoms with Crippen LogP contribution in [0.1, 0.15) is 15.9 Å². The Morgan fingerprint density at radius 2 is 1.71 bits per heavy atom. The van der Waals surface area contributed by atoms with E-state index in [4.69, 9.17) is 10.8 Å². The molecule has 0 saturated heterocycles. The van der Waals surface area contributed by atoms with E-state index in [1.807, 2.05) is 19.1 Å². The van der Waals surface area contributed by atoms with E-state index in [1.54, 1.807) is 36.4 Å². The molecule has 0 fully saturated rings. The number of benzene rings is 2. The number of carbonyl (C=O) groups is 2. The van der Waals surface area contributed by atoms with Gasteiger partial charge in [-0.2, -0.15) is 0 Å². The van der Waals surface area contributed by atoms with E-state index in [9.17, 15) is 9.59 Å². The van der Waals surface area contributed by atoms with Gasteiger partial charge in [0.2, 0.25) is 0 Å². The molecular weight excluding hydrogens is 268 g/mol. The van der Waals surface area contributed by atoms with Crippen molar-refractivity contribution in [3.05, 3.63) is 59.7 Å². The van der Waals surface area contributed by atoms with Crippen LogP contribution in [0, 0.1) is 6.92 Å². The SMILES string of the molecule is Cc1ccc(N(CC(=O)O)C(=O)c2ccccc2N)cc1. The molecule has 0 spiro atoms. The van der Waals surface area contributed by atoms with Gasteiger partial charge in [0.1, 0.15) is 6.54 Å². The second-order valence-corrected chi connectivity index (χ2v) is 4.71. The Morgan fingerprint density at radius 1 is 1.10 bits per heavy atom. The number of nitrogens with zero attached hydrogens (tertiary/aromatic N) is 1. The molecule has 0 bridgehead atoms. The quantitative estimate of drug-likeness (QED) is 0.844. The Balaban J connectivity index is 2.40. The largest absolute Gasteiger partial charge is 0.480 e. The number of anilines is 2. The van der Waals surface area contributed by atoms with Crippen LogP contribution in [0.4, 0.5) is 11.4 Å². The number of nitrogen functional groups attached to an aromatic ring is 1. The lowest BCUT2D eigenvalue weighted by Gasteiger charge is -2.21. The van der Waals surface area contributed by atoms with Crippen LogP contribution in [0.5, 0.6) is 0 Å². The fraction of sp³-hybridized carbons (Fsp3) is 0.125. The highest BCUT2D eigenvalue weighted by molar-refractivity contribution is 6.11. The van der Waals surface area contributed by atoms with E-state index in [0.717, 1.165) is 5.56 Å². The second-order valence-electron chi connectivity index (χ2n) is 4.71. The molecule has 0 radical (unpaired) electrons. The van der Waals surface area contributed by atoms with Crippen molar-refractivity contribution in [2.24, 2.45) is 0 Å². The molecule has 0 aliphatic carbocycles. The molecule has 0 heterocycles. The number of hydrogen-bond acceptors (Lipinski definition) is 3. The van der Waals surface area contributed by atoms with E-state index >= 15 is 0 Å². The van der Waals surface area contributed by atoms with Gasteiger partial charge in [0, 0.05) is 11.4 Å². The summed E-state index contributed by atoms with van der Waals surface area (Å²) >= 11 is 0. The smallest absolute Gasteiger partial charge is 0.323 e. The Labute approximate surface area is 122 Å². The lowest BCUT2D eigenvalue weighted by Crippen LogP contribution is -2.36. The van der Waals surface area contributed by atoms with Crippen LogP contribution in [-0.2, 0) is 4.79 Å². The van der Waals surface area contributed by atoms with Crippen LogP contribution >= 0.6 is 0 Å². The molecular formula is C16H16N2O3. The summed E-state index contributed by atoms with van der Waals surface area (Å²) in [7, 11) is 0. The summed E-state index contributed by atoms with van der Waals surface area (Å²) in [5.74, 6) is -1.52. The predicted octanol–water partition coefficient (Wildman–Crippen LogP) is 2.31. The normalized spacial score (nSPS) is 10.1. The molecule has 0 atom stereocenters. The van der Waals surface area contributed by atoms with Gasteiger partial charge in [-0.05, 0) is 31.2 Å². The molecule has 0 aliphatic heterocycles. The van der Waals surface area contributed by atoms with E-state index in [1.165, 1.54) is 4.90 Å². The summed E-state index contributed by atoms with van der Waals surface area (Å²) in [4.78, 5) is 24.8. The molecule has 5 heteroatoms. The molecule has 2 rings (SSSR count). The van der Waals surface area contributed by atoms with E-state index in [0.29, 0.717) is 16.9 Å². The molecule has 0 aliphatic rings. The number of carbonyl (C=O) groups excluding carboxylic acids is 1. The summed E-state index contributed by atoms with van der Waals surface area (Å²) in [6.45, 7) is 1.50. The zero-order chi connectivity index (χ0) is 15.4. The maximum Gasteiger partial charge on any atom is 0.323 e. The molecule has 108 valence electrons. The molecule has 5 nitrogen and oxygen atoms in total. The molecule has 3 N–H and O–H groups in total. The number of amides is 1. The number of aryl methyl sites for hydroxylation is 1. The molecule has 0 unspecified atom stereocenters. The van der Waals surface area contributed by atoms with E-state index in [2.05, 4.69) is 0 Å². The van der Waals surface area contributed by atoms with Crippen molar-refractivity contribution in [3.8, 4) is 0 Å². The predicted molar refractivity (Wildman–Crippen MR) is 81.3 cm³/mol. The first kappa shape index (κ1) is 14.6. The minimum atomic E-state index is -1.08. The van der Waals surface area contributed by atoms with Gasteiger partial charge in [0.15, 0.2) is 0 Å². The molecule has 2 aromatic carbocycles. The molecule has 0 aromatic heterocycles. The molecule has 1 amide bonds. The van der Waals surface area contributed by atoms with Crippen molar-refractivity contribution in [1.82, 2.24) is 0 Å². The van der Waals surface area contributed by atoms with Crippen molar-refractivity contribution < 1.29 is 14.7 Å². The van der Waals surface area contributed by atoms with Crippen LogP contribution in [-0.4, -0.2) is 23.5 Å². The monoisotopic (exact) mass is 284 g/mol. The van der Waals surface area contributed by atoms with Crippen molar-refractivity contribution in [2.45, 2.75) is 6.92 Å². The number of aliphatic carboxylic acids is 1. The van der Waals surface area contributed by atoms with Gasteiger partial charge in [-0.15, -0.1) is 0 Å². The third kappa shape index (κ3) is 3.39. The number of para-hydroxylation sites is 1. The number of nitrogens with two attached hydrogens (primary N) is 1. The summed E-state index contributed by atoms with van der Waals surface area (Å²) < 4.78 is 0. The lowest BCUT2D eigenvalue weighted by atomic mass is 10.1. The maximum absolute atomic E-state index is 12.6. The van der Waals surface area contributed by atoms with Gasteiger partial charge in [0.05, 0.1) is 5.56 Å². The van der Waals surface area contributed by atoms with Crippen LogP contribution in [0.2, 0.25) is 0 Å². The number of carboxylic acids is 1. The van der Waals surface area contributed by atoms with Crippen molar-refractivity contribution in [1.29, 1.82) is 0 Å². The first-order valence-corrected chi connectivity index (χ1v) is 6.44. The third-order valence-electron chi connectivity index (χ3n) is 3.08. The Morgan fingerprint density at radius 3 is 2.29 bits per heavy atom. The van der Waals surface area contributed by atoms with Gasteiger partial charge < -0.3 is 10.8 Å². The zero-order valence-electron chi connectivity index (χ0n) is 11.6. The highest BCUT2D eigenvalue weighted by Gasteiger charge is 2.21. The van der Waals surface area contributed by atoms with Crippen molar-refractivity contribution in [2.75, 3.05) is 17.2 Å². The number of carboxylic acid groups (broad SMARTS) is 1. The molecule has 0 saturated carbocycles. The first-order chi connectivity index (χ1) is 9.99. The first-order valence-electron chi connectivity index (χ1n) is 6.44. The van der Waals surface area contributed by atoms with Crippen LogP contribution < -0.4 is 10.6 Å². The Bertz CT molecular complexity index is 665. The summed E-state index contributed by atoms with van der Waals surface area (Å²) in [5.41, 5.74) is 7.97. The standard InChI is InChI=1S/C16H16N2O3/c1-11-6-8-12(9-7-11)18(10-15(19)20)16(21)13-4-2-3-5-14(13)17/h2-9H,10,17H2,1H3,(H,19,20). The number of hydrogen-bond donors (Lipinski definition) is 2. The van der Waals surface area contributed by atoms with E-state index in [-0.39, 0.29) is 0 Å². The highest BCUT2D eigenvalue weighted by atomic mass is 16.4. The fourth-order valence-corrected chi connectivity index (χ4v) is 1.98. The summed E-state index contributed by atoms with van der Waals surface area (Å²) in [6.07, 6.45) is 0. The van der Waals surface area contributed by atoms with E-state index < -0.39 is 18.4 Å². The third-order valence-corrected chi connectivity index (χ3v) is 3.08. The lowest BCUT2D eigenvalue weighted by molar-refractivity contribution is -0.135.